The molecule has 0 heterocycles. The minimum Gasteiger partial charge on any atom is -0.508 e. The first-order valence-corrected chi connectivity index (χ1v) is 5.35. The summed E-state index contributed by atoms with van der Waals surface area (Å²) in [4.78, 5) is 0. The number of aliphatic hydroxyl groups excluding tert-OH is 1. The second-order valence-corrected chi connectivity index (χ2v) is 3.92. The van der Waals surface area contributed by atoms with Crippen molar-refractivity contribution in [3.8, 4) is 5.75 Å². The Kier molecular flexibility index (Phi) is 3.40. The van der Waals surface area contributed by atoms with Crippen LogP contribution in [0.5, 0.6) is 5.75 Å². The highest BCUT2D eigenvalue weighted by atomic mass is 19.1. The fourth-order valence-electron chi connectivity index (χ4n) is 1.68. The van der Waals surface area contributed by atoms with E-state index in [0.717, 1.165) is 11.1 Å². The van der Waals surface area contributed by atoms with Gasteiger partial charge in [-0.05, 0) is 34.9 Å². The van der Waals surface area contributed by atoms with Gasteiger partial charge in [-0.15, -0.1) is 0 Å². The Hall–Kier alpha value is -1.87. The molecule has 0 unspecified atom stereocenters. The molecule has 2 rings (SSSR count). The van der Waals surface area contributed by atoms with E-state index in [4.69, 9.17) is 5.11 Å². The number of hydrogen-bond donors (Lipinski definition) is 2. The summed E-state index contributed by atoms with van der Waals surface area (Å²) in [6.45, 7) is -0.0929. The van der Waals surface area contributed by atoms with Crippen LogP contribution in [0.2, 0.25) is 0 Å². The molecule has 0 aliphatic rings. The molecule has 2 aromatic carbocycles. The minimum atomic E-state index is -0.270. The molecule has 0 amide bonds. The summed E-state index contributed by atoms with van der Waals surface area (Å²) in [7, 11) is 0. The van der Waals surface area contributed by atoms with Crippen LogP contribution >= 0.6 is 0 Å². The zero-order valence-electron chi connectivity index (χ0n) is 9.23. The SMILES string of the molecule is OCc1ccc(Cc2ccc(F)cc2)c(O)c1. The topological polar surface area (TPSA) is 40.5 Å². The van der Waals surface area contributed by atoms with Crippen molar-refractivity contribution in [3.05, 3.63) is 65.0 Å². The quantitative estimate of drug-likeness (QED) is 0.854. The highest BCUT2D eigenvalue weighted by molar-refractivity contribution is 5.39. The molecule has 0 aliphatic carbocycles. The van der Waals surface area contributed by atoms with Crippen LogP contribution in [0.1, 0.15) is 16.7 Å². The summed E-state index contributed by atoms with van der Waals surface area (Å²) >= 11 is 0. The molecule has 0 saturated heterocycles. The predicted octanol–water partition coefficient (Wildman–Crippen LogP) is 2.61. The highest BCUT2D eigenvalue weighted by Gasteiger charge is 2.04. The molecule has 0 radical (unpaired) electrons. The Morgan fingerprint density at radius 1 is 0.941 bits per heavy atom. The molecular weight excluding hydrogens is 219 g/mol. The van der Waals surface area contributed by atoms with Crippen molar-refractivity contribution in [1.82, 2.24) is 0 Å². The van der Waals surface area contributed by atoms with Crippen molar-refractivity contribution in [2.75, 3.05) is 0 Å². The van der Waals surface area contributed by atoms with Crippen LogP contribution in [0.25, 0.3) is 0 Å². The van der Waals surface area contributed by atoms with Crippen molar-refractivity contribution >= 4 is 0 Å². The van der Waals surface area contributed by atoms with E-state index in [2.05, 4.69) is 0 Å². The van der Waals surface area contributed by atoms with E-state index < -0.39 is 0 Å². The molecule has 2 N–H and O–H groups in total. The van der Waals surface area contributed by atoms with E-state index >= 15 is 0 Å². The minimum absolute atomic E-state index is 0.0929. The lowest BCUT2D eigenvalue weighted by atomic mass is 10.0. The number of phenols is 1. The second kappa shape index (κ2) is 4.97. The molecular formula is C14H13FO2. The van der Waals surface area contributed by atoms with Gasteiger partial charge in [-0.2, -0.15) is 0 Å². The van der Waals surface area contributed by atoms with E-state index in [1.54, 1.807) is 30.3 Å². The van der Waals surface area contributed by atoms with Crippen molar-refractivity contribution < 1.29 is 14.6 Å². The van der Waals surface area contributed by atoms with Crippen molar-refractivity contribution in [1.29, 1.82) is 0 Å². The average Bonchev–Trinajstić information content (AvgIpc) is 2.34. The van der Waals surface area contributed by atoms with Crippen LogP contribution in [-0.4, -0.2) is 10.2 Å². The smallest absolute Gasteiger partial charge is 0.123 e. The van der Waals surface area contributed by atoms with E-state index in [1.165, 1.54) is 12.1 Å². The number of rotatable bonds is 3. The van der Waals surface area contributed by atoms with E-state index in [9.17, 15) is 9.50 Å². The van der Waals surface area contributed by atoms with Gasteiger partial charge in [0, 0.05) is 6.42 Å². The Morgan fingerprint density at radius 2 is 1.59 bits per heavy atom. The number of benzene rings is 2. The fraction of sp³-hybridized carbons (Fsp3) is 0.143. The van der Waals surface area contributed by atoms with E-state index in [0.29, 0.717) is 12.0 Å². The van der Waals surface area contributed by atoms with E-state index in [1.807, 2.05) is 0 Å². The van der Waals surface area contributed by atoms with E-state index in [-0.39, 0.29) is 18.2 Å². The average molecular weight is 232 g/mol. The maximum absolute atomic E-state index is 12.7. The van der Waals surface area contributed by atoms with Crippen LogP contribution in [0.4, 0.5) is 4.39 Å². The second-order valence-electron chi connectivity index (χ2n) is 3.92. The number of phenolic OH excluding ortho intramolecular Hbond substituents is 1. The zero-order chi connectivity index (χ0) is 12.3. The Labute approximate surface area is 99.0 Å². The summed E-state index contributed by atoms with van der Waals surface area (Å²) in [6.07, 6.45) is 0.540. The number of aromatic hydroxyl groups is 1. The maximum Gasteiger partial charge on any atom is 0.123 e. The summed E-state index contributed by atoms with van der Waals surface area (Å²) in [6, 6.07) is 11.2. The molecule has 2 nitrogen and oxygen atoms in total. The normalized spacial score (nSPS) is 10.5. The Balaban J connectivity index is 2.21. The molecule has 88 valence electrons. The van der Waals surface area contributed by atoms with Gasteiger partial charge in [0.1, 0.15) is 11.6 Å². The van der Waals surface area contributed by atoms with Gasteiger partial charge >= 0.3 is 0 Å². The largest absolute Gasteiger partial charge is 0.508 e. The summed E-state index contributed by atoms with van der Waals surface area (Å²) in [5, 5.41) is 18.7. The molecule has 0 atom stereocenters. The van der Waals surface area contributed by atoms with Crippen LogP contribution in [0.3, 0.4) is 0 Å². The van der Waals surface area contributed by atoms with Gasteiger partial charge in [-0.3, -0.25) is 0 Å². The molecule has 0 aromatic heterocycles. The first-order valence-electron chi connectivity index (χ1n) is 5.35. The molecule has 0 aliphatic heterocycles. The van der Waals surface area contributed by atoms with Gasteiger partial charge in [-0.25, -0.2) is 4.39 Å². The lowest BCUT2D eigenvalue weighted by Crippen LogP contribution is -1.91. The molecule has 17 heavy (non-hydrogen) atoms. The van der Waals surface area contributed by atoms with Gasteiger partial charge in [0.2, 0.25) is 0 Å². The standard InChI is InChI=1S/C14H13FO2/c15-13-5-2-10(3-6-13)7-12-4-1-11(9-16)8-14(12)17/h1-6,8,16-17H,7,9H2. The Morgan fingerprint density at radius 3 is 2.18 bits per heavy atom. The number of aliphatic hydroxyl groups is 1. The first-order chi connectivity index (χ1) is 8.19. The van der Waals surface area contributed by atoms with Gasteiger partial charge in [0.25, 0.3) is 0 Å². The van der Waals surface area contributed by atoms with Crippen molar-refractivity contribution in [2.24, 2.45) is 0 Å². The maximum atomic E-state index is 12.7. The highest BCUT2D eigenvalue weighted by Crippen LogP contribution is 2.22. The number of halogens is 1. The summed E-state index contributed by atoms with van der Waals surface area (Å²) < 4.78 is 12.7. The van der Waals surface area contributed by atoms with Crippen molar-refractivity contribution in [2.45, 2.75) is 13.0 Å². The van der Waals surface area contributed by atoms with Crippen LogP contribution in [-0.2, 0) is 13.0 Å². The molecule has 3 heteroatoms. The lowest BCUT2D eigenvalue weighted by Gasteiger charge is -2.06. The van der Waals surface area contributed by atoms with Crippen LogP contribution in [0.15, 0.2) is 42.5 Å². The monoisotopic (exact) mass is 232 g/mol. The Bertz CT molecular complexity index is 506. The molecule has 0 saturated carbocycles. The molecule has 0 bridgehead atoms. The summed E-state index contributed by atoms with van der Waals surface area (Å²) in [5.41, 5.74) is 2.36. The molecule has 0 spiro atoms. The fourth-order valence-corrected chi connectivity index (χ4v) is 1.68. The van der Waals surface area contributed by atoms with Crippen LogP contribution < -0.4 is 0 Å². The van der Waals surface area contributed by atoms with Gasteiger partial charge in [-0.1, -0.05) is 24.3 Å². The zero-order valence-corrected chi connectivity index (χ0v) is 9.23. The van der Waals surface area contributed by atoms with Gasteiger partial charge in [0.05, 0.1) is 6.61 Å². The third-order valence-electron chi connectivity index (χ3n) is 2.64. The lowest BCUT2D eigenvalue weighted by molar-refractivity contribution is 0.281. The van der Waals surface area contributed by atoms with Gasteiger partial charge < -0.3 is 10.2 Å². The predicted molar refractivity (Wildman–Crippen MR) is 63.2 cm³/mol. The van der Waals surface area contributed by atoms with Crippen molar-refractivity contribution in [3.63, 3.8) is 0 Å². The van der Waals surface area contributed by atoms with Crippen LogP contribution in [0, 0.1) is 5.82 Å². The molecule has 2 aromatic rings. The van der Waals surface area contributed by atoms with Gasteiger partial charge in [0.15, 0.2) is 0 Å². The number of hydrogen-bond acceptors (Lipinski definition) is 2. The third-order valence-corrected chi connectivity index (χ3v) is 2.64. The molecule has 0 fully saturated rings. The first kappa shape index (κ1) is 11.6. The summed E-state index contributed by atoms with van der Waals surface area (Å²) in [5.74, 6) is -0.116. The third kappa shape index (κ3) is 2.82.